The molecule has 0 saturated carbocycles. The number of ether oxygens (including phenoxy) is 1. The normalized spacial score (nSPS) is 18.2. The molecule has 1 aromatic rings. The molecule has 5 heteroatoms. The third kappa shape index (κ3) is 1.93. The number of nitrogens with two attached hydrogens (primary N) is 1. The van der Waals surface area contributed by atoms with Crippen molar-refractivity contribution >= 4 is 28.3 Å². The van der Waals surface area contributed by atoms with Crippen LogP contribution in [-0.4, -0.2) is 13.2 Å². The Morgan fingerprint density at radius 1 is 1.43 bits per heavy atom. The van der Waals surface area contributed by atoms with Crippen molar-refractivity contribution in [1.29, 1.82) is 0 Å². The summed E-state index contributed by atoms with van der Waals surface area (Å²) in [5, 5.41) is 0. The van der Waals surface area contributed by atoms with Crippen molar-refractivity contribution in [2.75, 3.05) is 13.2 Å². The number of halogens is 3. The van der Waals surface area contributed by atoms with E-state index in [0.29, 0.717) is 18.8 Å². The van der Waals surface area contributed by atoms with Gasteiger partial charge in [0.2, 0.25) is 0 Å². The largest absolute Gasteiger partial charge is 0.377 e. The first-order valence-corrected chi connectivity index (χ1v) is 4.73. The van der Waals surface area contributed by atoms with Crippen LogP contribution in [0, 0.1) is 5.82 Å². The predicted molar refractivity (Wildman–Crippen MR) is 58.0 cm³/mol. The van der Waals surface area contributed by atoms with Crippen molar-refractivity contribution in [1.82, 2.24) is 0 Å². The second kappa shape index (κ2) is 4.14. The quantitative estimate of drug-likeness (QED) is 0.857. The van der Waals surface area contributed by atoms with Crippen molar-refractivity contribution in [3.05, 3.63) is 34.1 Å². The van der Waals surface area contributed by atoms with Crippen molar-refractivity contribution < 1.29 is 9.13 Å². The minimum absolute atomic E-state index is 0. The van der Waals surface area contributed by atoms with Gasteiger partial charge in [0.05, 0.1) is 18.8 Å². The van der Waals surface area contributed by atoms with E-state index in [1.165, 1.54) is 6.07 Å². The fourth-order valence-corrected chi connectivity index (χ4v) is 1.70. The smallest absolute Gasteiger partial charge is 0.129 e. The van der Waals surface area contributed by atoms with Crippen LogP contribution >= 0.6 is 28.3 Å². The fraction of sp³-hybridized carbons (Fsp3) is 0.333. The summed E-state index contributed by atoms with van der Waals surface area (Å²) in [7, 11) is 0. The molecule has 0 radical (unpaired) electrons. The van der Waals surface area contributed by atoms with Crippen molar-refractivity contribution in [2.24, 2.45) is 5.73 Å². The minimum Gasteiger partial charge on any atom is -0.377 e. The molecule has 2 rings (SSSR count). The summed E-state index contributed by atoms with van der Waals surface area (Å²) in [4.78, 5) is 0. The standard InChI is InChI=1S/C9H9BrFNO.ClH/c10-6-1-2-7(8(11)3-6)9(12)4-13-5-9;/h1-3H,4-5,12H2;1H. The van der Waals surface area contributed by atoms with Gasteiger partial charge in [-0.3, -0.25) is 0 Å². The lowest BCUT2D eigenvalue weighted by Crippen LogP contribution is -2.54. The summed E-state index contributed by atoms with van der Waals surface area (Å²) in [6, 6.07) is 4.90. The second-order valence-corrected chi connectivity index (χ2v) is 4.19. The number of hydrogen-bond donors (Lipinski definition) is 1. The monoisotopic (exact) mass is 281 g/mol. The van der Waals surface area contributed by atoms with Gasteiger partial charge in [-0.1, -0.05) is 22.0 Å². The van der Waals surface area contributed by atoms with Gasteiger partial charge >= 0.3 is 0 Å². The van der Waals surface area contributed by atoms with Crippen LogP contribution in [0.4, 0.5) is 4.39 Å². The Kier molecular flexibility index (Phi) is 3.53. The van der Waals surface area contributed by atoms with Crippen LogP contribution in [0.3, 0.4) is 0 Å². The lowest BCUT2D eigenvalue weighted by atomic mass is 9.89. The van der Waals surface area contributed by atoms with Crippen LogP contribution in [0.25, 0.3) is 0 Å². The molecule has 0 atom stereocenters. The van der Waals surface area contributed by atoms with Crippen LogP contribution < -0.4 is 5.73 Å². The third-order valence-electron chi connectivity index (χ3n) is 2.19. The van der Waals surface area contributed by atoms with Crippen LogP contribution in [0.5, 0.6) is 0 Å². The summed E-state index contributed by atoms with van der Waals surface area (Å²) in [6.07, 6.45) is 0. The maximum absolute atomic E-state index is 13.4. The van der Waals surface area contributed by atoms with E-state index in [-0.39, 0.29) is 18.2 Å². The Morgan fingerprint density at radius 2 is 2.07 bits per heavy atom. The van der Waals surface area contributed by atoms with Crippen LogP contribution in [0.1, 0.15) is 5.56 Å². The van der Waals surface area contributed by atoms with Gasteiger partial charge in [-0.15, -0.1) is 12.4 Å². The molecule has 2 N–H and O–H groups in total. The average Bonchev–Trinajstić information content (AvgIpc) is 2.00. The molecule has 1 aromatic carbocycles. The lowest BCUT2D eigenvalue weighted by Gasteiger charge is -2.38. The molecule has 0 amide bonds. The summed E-state index contributed by atoms with van der Waals surface area (Å²) in [5.74, 6) is -0.278. The summed E-state index contributed by atoms with van der Waals surface area (Å²) in [5.41, 5.74) is 5.80. The lowest BCUT2D eigenvalue weighted by molar-refractivity contribution is -0.0585. The molecule has 0 unspecified atom stereocenters. The van der Waals surface area contributed by atoms with Gasteiger partial charge in [-0.05, 0) is 12.1 Å². The van der Waals surface area contributed by atoms with Crippen molar-refractivity contribution in [2.45, 2.75) is 5.54 Å². The van der Waals surface area contributed by atoms with Crippen LogP contribution in [-0.2, 0) is 10.3 Å². The third-order valence-corrected chi connectivity index (χ3v) is 2.68. The number of rotatable bonds is 1. The number of benzene rings is 1. The van der Waals surface area contributed by atoms with Gasteiger partial charge in [0.1, 0.15) is 5.82 Å². The van der Waals surface area contributed by atoms with E-state index in [9.17, 15) is 4.39 Å². The molecule has 0 spiro atoms. The second-order valence-electron chi connectivity index (χ2n) is 3.27. The molecular formula is C9H10BrClFNO. The molecule has 0 aliphatic carbocycles. The van der Waals surface area contributed by atoms with E-state index < -0.39 is 5.54 Å². The first-order valence-electron chi connectivity index (χ1n) is 3.94. The molecule has 1 saturated heterocycles. The Labute approximate surface area is 96.2 Å². The Balaban J connectivity index is 0.000000980. The zero-order valence-electron chi connectivity index (χ0n) is 7.30. The van der Waals surface area contributed by atoms with Gasteiger partial charge in [0.15, 0.2) is 0 Å². The molecular weight excluding hydrogens is 272 g/mol. The molecule has 0 bridgehead atoms. The van der Waals surface area contributed by atoms with Crippen molar-refractivity contribution in [3.8, 4) is 0 Å². The zero-order valence-corrected chi connectivity index (χ0v) is 9.70. The highest BCUT2D eigenvalue weighted by Gasteiger charge is 2.38. The minimum atomic E-state index is -0.620. The van der Waals surface area contributed by atoms with E-state index in [2.05, 4.69) is 15.9 Å². The molecule has 1 heterocycles. The highest BCUT2D eigenvalue weighted by Crippen LogP contribution is 2.29. The van der Waals surface area contributed by atoms with E-state index in [1.54, 1.807) is 12.1 Å². The molecule has 1 fully saturated rings. The van der Waals surface area contributed by atoms with Gasteiger partial charge < -0.3 is 10.5 Å². The molecule has 1 aliphatic heterocycles. The average molecular weight is 283 g/mol. The summed E-state index contributed by atoms with van der Waals surface area (Å²) in [6.45, 7) is 0.789. The highest BCUT2D eigenvalue weighted by molar-refractivity contribution is 9.10. The van der Waals surface area contributed by atoms with Crippen LogP contribution in [0.15, 0.2) is 22.7 Å². The van der Waals surface area contributed by atoms with E-state index in [1.807, 2.05) is 0 Å². The Morgan fingerprint density at radius 3 is 2.50 bits per heavy atom. The zero-order chi connectivity index (χ0) is 9.47. The van der Waals surface area contributed by atoms with Gasteiger partial charge in [0, 0.05) is 10.0 Å². The summed E-state index contributed by atoms with van der Waals surface area (Å²) >= 11 is 3.19. The van der Waals surface area contributed by atoms with Gasteiger partial charge in [0.25, 0.3) is 0 Å². The SMILES string of the molecule is Cl.NC1(c2ccc(Br)cc2F)COC1. The molecule has 1 aliphatic rings. The topological polar surface area (TPSA) is 35.2 Å². The Hall–Kier alpha value is -0.160. The molecule has 2 nitrogen and oxygen atoms in total. The maximum atomic E-state index is 13.4. The first-order chi connectivity index (χ1) is 6.12. The van der Waals surface area contributed by atoms with Gasteiger partial charge in [-0.2, -0.15) is 0 Å². The van der Waals surface area contributed by atoms with E-state index in [4.69, 9.17) is 10.5 Å². The number of hydrogen-bond acceptors (Lipinski definition) is 2. The molecule has 78 valence electrons. The first kappa shape index (κ1) is 11.9. The van der Waals surface area contributed by atoms with Crippen LogP contribution in [0.2, 0.25) is 0 Å². The Bertz CT molecular complexity index is 344. The summed E-state index contributed by atoms with van der Waals surface area (Å²) < 4.78 is 19.1. The van der Waals surface area contributed by atoms with E-state index in [0.717, 1.165) is 4.47 Å². The van der Waals surface area contributed by atoms with Gasteiger partial charge in [-0.25, -0.2) is 4.39 Å². The van der Waals surface area contributed by atoms with Crippen molar-refractivity contribution in [3.63, 3.8) is 0 Å². The molecule has 0 aromatic heterocycles. The highest BCUT2D eigenvalue weighted by atomic mass is 79.9. The fourth-order valence-electron chi connectivity index (χ4n) is 1.37. The predicted octanol–water partition coefficient (Wildman–Crippen LogP) is 2.19. The molecule has 14 heavy (non-hydrogen) atoms. The van der Waals surface area contributed by atoms with E-state index >= 15 is 0 Å². The maximum Gasteiger partial charge on any atom is 0.129 e.